The lowest BCUT2D eigenvalue weighted by molar-refractivity contribution is -0.140. The number of ether oxygens (including phenoxy) is 1. The van der Waals surface area contributed by atoms with Gasteiger partial charge in [0, 0.05) is 12.5 Å². The molecule has 1 heterocycles. The third-order valence-corrected chi connectivity index (χ3v) is 3.01. The maximum atomic E-state index is 12.9. The summed E-state index contributed by atoms with van der Waals surface area (Å²) in [5.74, 6) is -2.40. The third kappa shape index (κ3) is 4.67. The van der Waals surface area contributed by atoms with Gasteiger partial charge in [0.2, 0.25) is 11.5 Å². The Labute approximate surface area is 137 Å². The zero-order valence-corrected chi connectivity index (χ0v) is 12.7. The number of carbonyl (C=O) groups is 2. The second-order valence-electron chi connectivity index (χ2n) is 4.85. The van der Waals surface area contributed by atoms with E-state index in [1.165, 1.54) is 24.3 Å². The van der Waals surface area contributed by atoms with Gasteiger partial charge >= 0.3 is 5.97 Å². The quantitative estimate of drug-likeness (QED) is 0.277. The largest absolute Gasteiger partial charge is 0.502 e. The van der Waals surface area contributed by atoms with Crippen LogP contribution in [0.1, 0.15) is 21.9 Å². The highest BCUT2D eigenvalue weighted by Gasteiger charge is 2.15. The number of aliphatic hydroxyl groups is 1. The minimum absolute atomic E-state index is 0.0322. The number of esters is 1. The molecule has 1 aromatic heterocycles. The summed E-state index contributed by atoms with van der Waals surface area (Å²) >= 11 is 0. The summed E-state index contributed by atoms with van der Waals surface area (Å²) in [4.78, 5) is 23.3. The molecule has 0 atom stereocenters. The van der Waals surface area contributed by atoms with Gasteiger partial charge in [-0.05, 0) is 29.8 Å². The van der Waals surface area contributed by atoms with Crippen LogP contribution in [0, 0.1) is 5.82 Å². The molecule has 0 fully saturated rings. The first-order valence-electron chi connectivity index (χ1n) is 7.05. The molecule has 0 aliphatic heterocycles. The molecule has 6 heteroatoms. The normalized spacial score (nSPS) is 11.1. The predicted octanol–water partition coefficient (Wildman–Crippen LogP) is 3.36. The molecule has 0 bridgehead atoms. The molecule has 0 aliphatic rings. The van der Waals surface area contributed by atoms with E-state index in [-0.39, 0.29) is 18.2 Å². The first kappa shape index (κ1) is 17.2. The molecule has 0 unspecified atom stereocenters. The van der Waals surface area contributed by atoms with Crippen LogP contribution in [0.25, 0.3) is 0 Å². The van der Waals surface area contributed by atoms with Crippen molar-refractivity contribution >= 4 is 11.8 Å². The zero-order valence-electron chi connectivity index (χ0n) is 12.7. The van der Waals surface area contributed by atoms with Crippen LogP contribution in [0.4, 0.5) is 4.39 Å². The van der Waals surface area contributed by atoms with E-state index in [9.17, 15) is 19.1 Å². The van der Waals surface area contributed by atoms with Crippen molar-refractivity contribution in [2.24, 2.45) is 0 Å². The molecular weight excluding hydrogens is 315 g/mol. The van der Waals surface area contributed by atoms with Gasteiger partial charge in [-0.25, -0.2) is 9.18 Å². The van der Waals surface area contributed by atoms with E-state index in [0.717, 1.165) is 11.6 Å². The Balaban J connectivity index is 2.03. The van der Waals surface area contributed by atoms with Gasteiger partial charge < -0.3 is 14.3 Å². The van der Waals surface area contributed by atoms with Gasteiger partial charge in [0.25, 0.3) is 0 Å². The highest BCUT2D eigenvalue weighted by atomic mass is 19.1. The van der Waals surface area contributed by atoms with Crippen molar-refractivity contribution in [2.75, 3.05) is 6.61 Å². The Kier molecular flexibility index (Phi) is 5.68. The molecule has 1 aromatic carbocycles. The molecule has 0 saturated heterocycles. The fraction of sp³-hybridized carbons (Fsp3) is 0.111. The molecule has 0 radical (unpaired) electrons. The lowest BCUT2D eigenvalue weighted by Crippen LogP contribution is -2.09. The molecular formula is C18H15FO5. The fourth-order valence-corrected chi connectivity index (χ4v) is 1.87. The molecule has 0 amide bonds. The van der Waals surface area contributed by atoms with Crippen LogP contribution < -0.4 is 0 Å². The Morgan fingerprint density at radius 1 is 1.21 bits per heavy atom. The summed E-state index contributed by atoms with van der Waals surface area (Å²) in [5.41, 5.74) is 0.816. The summed E-state index contributed by atoms with van der Waals surface area (Å²) in [7, 11) is 0. The van der Waals surface area contributed by atoms with Crippen LogP contribution >= 0.6 is 0 Å². The lowest BCUT2D eigenvalue weighted by atomic mass is 10.1. The Morgan fingerprint density at radius 3 is 2.58 bits per heavy atom. The first-order chi connectivity index (χ1) is 11.5. The SMILES string of the molecule is C=CCOC(=O)C(O)=CC(=O)c1ccc(Cc2ccc(F)cc2)o1. The first-order valence-corrected chi connectivity index (χ1v) is 7.05. The molecule has 0 spiro atoms. The van der Waals surface area contributed by atoms with E-state index in [0.29, 0.717) is 12.2 Å². The molecule has 0 saturated carbocycles. The van der Waals surface area contributed by atoms with Crippen LogP contribution in [0.15, 0.2) is 65.3 Å². The van der Waals surface area contributed by atoms with Gasteiger partial charge in [-0.1, -0.05) is 24.8 Å². The van der Waals surface area contributed by atoms with Crippen molar-refractivity contribution in [2.45, 2.75) is 6.42 Å². The number of halogens is 1. The van der Waals surface area contributed by atoms with E-state index in [4.69, 9.17) is 4.42 Å². The maximum absolute atomic E-state index is 12.9. The summed E-state index contributed by atoms with van der Waals surface area (Å²) in [6, 6.07) is 8.92. The van der Waals surface area contributed by atoms with Crippen LogP contribution in [0.5, 0.6) is 0 Å². The van der Waals surface area contributed by atoms with E-state index in [1.807, 2.05) is 0 Å². The molecule has 2 rings (SSSR count). The average Bonchev–Trinajstić information content (AvgIpc) is 3.03. The van der Waals surface area contributed by atoms with Gasteiger partial charge in [0.1, 0.15) is 18.2 Å². The molecule has 0 aliphatic carbocycles. The monoisotopic (exact) mass is 330 g/mol. The van der Waals surface area contributed by atoms with Crippen LogP contribution in [0.2, 0.25) is 0 Å². The Morgan fingerprint density at radius 2 is 1.92 bits per heavy atom. The van der Waals surface area contributed by atoms with Crippen molar-refractivity contribution in [1.29, 1.82) is 0 Å². The van der Waals surface area contributed by atoms with Crippen molar-refractivity contribution in [3.8, 4) is 0 Å². The standard InChI is InChI=1S/C18H15FO5/c1-2-9-23-18(22)16(21)11-15(20)17-8-7-14(24-17)10-12-3-5-13(19)6-4-12/h2-8,11,21H,1,9-10H2. The van der Waals surface area contributed by atoms with Crippen molar-refractivity contribution in [3.05, 3.63) is 83.8 Å². The van der Waals surface area contributed by atoms with Gasteiger partial charge in [-0.2, -0.15) is 0 Å². The smallest absolute Gasteiger partial charge is 0.373 e. The van der Waals surface area contributed by atoms with E-state index in [2.05, 4.69) is 11.3 Å². The van der Waals surface area contributed by atoms with Gasteiger partial charge in [-0.15, -0.1) is 0 Å². The van der Waals surface area contributed by atoms with Crippen molar-refractivity contribution in [1.82, 2.24) is 0 Å². The summed E-state index contributed by atoms with van der Waals surface area (Å²) in [5, 5.41) is 9.50. The maximum Gasteiger partial charge on any atom is 0.373 e. The van der Waals surface area contributed by atoms with E-state index >= 15 is 0 Å². The highest BCUT2D eigenvalue weighted by Crippen LogP contribution is 2.15. The second kappa shape index (κ2) is 7.92. The summed E-state index contributed by atoms with van der Waals surface area (Å²) in [6.07, 6.45) is 2.44. The molecule has 124 valence electrons. The lowest BCUT2D eigenvalue weighted by Gasteiger charge is -2.00. The number of aliphatic hydroxyl groups excluding tert-OH is 1. The van der Waals surface area contributed by atoms with E-state index < -0.39 is 17.5 Å². The number of ketones is 1. The third-order valence-electron chi connectivity index (χ3n) is 3.01. The van der Waals surface area contributed by atoms with Gasteiger partial charge in [0.15, 0.2) is 5.76 Å². The Hall–Kier alpha value is -3.15. The number of hydrogen-bond donors (Lipinski definition) is 1. The van der Waals surface area contributed by atoms with Crippen molar-refractivity contribution < 1.29 is 28.2 Å². The Bertz CT molecular complexity index is 771. The fourth-order valence-electron chi connectivity index (χ4n) is 1.87. The summed E-state index contributed by atoms with van der Waals surface area (Å²) in [6.45, 7) is 3.29. The number of furan rings is 1. The minimum Gasteiger partial charge on any atom is -0.502 e. The minimum atomic E-state index is -1.03. The predicted molar refractivity (Wildman–Crippen MR) is 84.1 cm³/mol. The number of carbonyl (C=O) groups excluding carboxylic acids is 2. The number of hydrogen-bond acceptors (Lipinski definition) is 5. The topological polar surface area (TPSA) is 76.7 Å². The zero-order chi connectivity index (χ0) is 17.5. The van der Waals surface area contributed by atoms with E-state index in [1.54, 1.807) is 18.2 Å². The average molecular weight is 330 g/mol. The second-order valence-corrected chi connectivity index (χ2v) is 4.85. The summed E-state index contributed by atoms with van der Waals surface area (Å²) < 4.78 is 22.8. The molecule has 1 N–H and O–H groups in total. The number of benzene rings is 1. The van der Waals surface area contributed by atoms with Crippen LogP contribution in [0.3, 0.4) is 0 Å². The van der Waals surface area contributed by atoms with Crippen LogP contribution in [-0.2, 0) is 16.0 Å². The number of allylic oxidation sites excluding steroid dienone is 1. The molecule has 24 heavy (non-hydrogen) atoms. The molecule has 2 aromatic rings. The van der Waals surface area contributed by atoms with Crippen molar-refractivity contribution in [3.63, 3.8) is 0 Å². The van der Waals surface area contributed by atoms with Gasteiger partial charge in [0.05, 0.1) is 0 Å². The van der Waals surface area contributed by atoms with Crippen LogP contribution in [-0.4, -0.2) is 23.5 Å². The van der Waals surface area contributed by atoms with Gasteiger partial charge in [-0.3, -0.25) is 4.79 Å². The number of rotatable bonds is 7. The highest BCUT2D eigenvalue weighted by molar-refractivity contribution is 6.06. The molecule has 5 nitrogen and oxygen atoms in total.